The second-order valence-corrected chi connectivity index (χ2v) is 4.08. The van der Waals surface area contributed by atoms with Crippen LogP contribution in [0.1, 0.15) is 17.0 Å². The molecule has 0 spiro atoms. The molecule has 1 aromatic rings. The summed E-state index contributed by atoms with van der Waals surface area (Å²) in [5.74, 6) is 0.448. The molecule has 3 rings (SSSR count). The number of hydrogen-bond acceptors (Lipinski definition) is 2. The molecule has 0 heterocycles. The summed E-state index contributed by atoms with van der Waals surface area (Å²) in [5, 5.41) is 18.0. The van der Waals surface area contributed by atoms with E-state index in [0.717, 1.165) is 6.42 Å². The lowest BCUT2D eigenvalue weighted by molar-refractivity contribution is 0.704. The van der Waals surface area contributed by atoms with Crippen molar-refractivity contribution < 1.29 is 0 Å². The SMILES string of the molecule is N#CC1(C#N)[C@@H]2c3ccccc3C[C@@H]21. The molecule has 0 amide bonds. The van der Waals surface area contributed by atoms with Crippen molar-refractivity contribution in [2.24, 2.45) is 11.3 Å². The fourth-order valence-corrected chi connectivity index (χ4v) is 2.79. The highest BCUT2D eigenvalue weighted by Gasteiger charge is 2.70. The van der Waals surface area contributed by atoms with Crippen LogP contribution >= 0.6 is 0 Å². The normalized spacial score (nSPS) is 29.6. The van der Waals surface area contributed by atoms with Gasteiger partial charge in [0, 0.05) is 11.8 Å². The van der Waals surface area contributed by atoms with Crippen LogP contribution in [-0.4, -0.2) is 0 Å². The Kier molecular flexibility index (Phi) is 1.17. The van der Waals surface area contributed by atoms with Crippen LogP contribution in [0.3, 0.4) is 0 Å². The molecule has 1 fully saturated rings. The summed E-state index contributed by atoms with van der Waals surface area (Å²) in [5.41, 5.74) is 1.85. The first-order valence-electron chi connectivity index (χ1n) is 4.74. The van der Waals surface area contributed by atoms with Gasteiger partial charge in [-0.25, -0.2) is 0 Å². The molecule has 2 heteroatoms. The van der Waals surface area contributed by atoms with Gasteiger partial charge in [0.2, 0.25) is 0 Å². The van der Waals surface area contributed by atoms with E-state index in [1.165, 1.54) is 11.1 Å². The van der Waals surface area contributed by atoms with Crippen molar-refractivity contribution in [3.63, 3.8) is 0 Å². The maximum absolute atomic E-state index is 9.02. The number of benzene rings is 1. The molecular formula is C12H8N2. The Morgan fingerprint density at radius 1 is 1.21 bits per heavy atom. The average molecular weight is 180 g/mol. The molecule has 14 heavy (non-hydrogen) atoms. The summed E-state index contributed by atoms with van der Waals surface area (Å²) < 4.78 is 0. The van der Waals surface area contributed by atoms with Crippen molar-refractivity contribution in [1.82, 2.24) is 0 Å². The highest BCUT2D eigenvalue weighted by atomic mass is 14.7. The zero-order valence-electron chi connectivity index (χ0n) is 7.57. The van der Waals surface area contributed by atoms with Crippen molar-refractivity contribution in [2.45, 2.75) is 12.3 Å². The maximum atomic E-state index is 9.02. The quantitative estimate of drug-likeness (QED) is 0.613. The zero-order chi connectivity index (χ0) is 9.76. The van der Waals surface area contributed by atoms with Gasteiger partial charge in [-0.15, -0.1) is 0 Å². The van der Waals surface area contributed by atoms with Crippen LogP contribution in [0.15, 0.2) is 24.3 Å². The summed E-state index contributed by atoms with van der Waals surface area (Å²) in [7, 11) is 0. The molecule has 0 aliphatic heterocycles. The standard InChI is InChI=1S/C12H8N2/c13-6-12(7-14)10-5-8-3-1-2-4-9(8)11(10)12/h1-4,10-11H,5H2/t10-,11+/m0/s1. The topological polar surface area (TPSA) is 47.6 Å². The van der Waals surface area contributed by atoms with E-state index in [0.29, 0.717) is 0 Å². The van der Waals surface area contributed by atoms with Gasteiger partial charge in [0.1, 0.15) is 0 Å². The Morgan fingerprint density at radius 3 is 2.64 bits per heavy atom. The summed E-state index contributed by atoms with van der Waals surface area (Å²) in [4.78, 5) is 0. The third-order valence-corrected chi connectivity index (χ3v) is 3.57. The van der Waals surface area contributed by atoms with Crippen molar-refractivity contribution in [3.05, 3.63) is 35.4 Å². The molecule has 0 bridgehead atoms. The monoisotopic (exact) mass is 180 g/mol. The van der Waals surface area contributed by atoms with E-state index >= 15 is 0 Å². The molecule has 1 saturated carbocycles. The summed E-state index contributed by atoms with van der Waals surface area (Å²) in [6.07, 6.45) is 0.905. The molecule has 0 aromatic heterocycles. The van der Waals surface area contributed by atoms with Crippen LogP contribution in [-0.2, 0) is 6.42 Å². The number of fused-ring (bicyclic) bond motifs is 3. The lowest BCUT2D eigenvalue weighted by atomic mass is 9.94. The second kappa shape index (κ2) is 2.16. The third kappa shape index (κ3) is 0.624. The number of nitrogens with zero attached hydrogens (tertiary/aromatic N) is 2. The molecule has 1 aromatic carbocycles. The van der Waals surface area contributed by atoms with E-state index in [1.807, 2.05) is 12.1 Å². The minimum Gasteiger partial charge on any atom is -0.197 e. The third-order valence-electron chi connectivity index (χ3n) is 3.57. The van der Waals surface area contributed by atoms with Gasteiger partial charge in [-0.05, 0) is 17.5 Å². The average Bonchev–Trinajstić information content (AvgIpc) is 2.69. The van der Waals surface area contributed by atoms with Crippen LogP contribution in [0.2, 0.25) is 0 Å². The fourth-order valence-electron chi connectivity index (χ4n) is 2.79. The van der Waals surface area contributed by atoms with Crippen LogP contribution in [0.5, 0.6) is 0 Å². The van der Waals surface area contributed by atoms with Crippen LogP contribution in [0.25, 0.3) is 0 Å². The Morgan fingerprint density at radius 2 is 1.93 bits per heavy atom. The first-order valence-corrected chi connectivity index (χ1v) is 4.74. The number of rotatable bonds is 0. The predicted octanol–water partition coefficient (Wildman–Crippen LogP) is 1.99. The van der Waals surface area contributed by atoms with E-state index in [9.17, 15) is 0 Å². The molecule has 0 saturated heterocycles. The molecule has 0 N–H and O–H groups in total. The molecule has 2 aliphatic carbocycles. The van der Waals surface area contributed by atoms with Gasteiger partial charge in [0.15, 0.2) is 5.41 Å². The first-order chi connectivity index (χ1) is 6.83. The molecule has 0 unspecified atom stereocenters. The van der Waals surface area contributed by atoms with E-state index in [2.05, 4.69) is 24.3 Å². The largest absolute Gasteiger partial charge is 0.197 e. The molecule has 2 atom stereocenters. The van der Waals surface area contributed by atoms with Gasteiger partial charge in [-0.3, -0.25) is 0 Å². The van der Waals surface area contributed by atoms with Crippen molar-refractivity contribution in [1.29, 1.82) is 10.5 Å². The van der Waals surface area contributed by atoms with Gasteiger partial charge in [0.05, 0.1) is 12.1 Å². The lowest BCUT2D eigenvalue weighted by Gasteiger charge is -2.06. The summed E-state index contributed by atoms with van der Waals surface area (Å²) in [6, 6.07) is 12.5. The highest BCUT2D eigenvalue weighted by molar-refractivity contribution is 5.53. The van der Waals surface area contributed by atoms with Crippen LogP contribution in [0.4, 0.5) is 0 Å². The van der Waals surface area contributed by atoms with E-state index < -0.39 is 5.41 Å². The van der Waals surface area contributed by atoms with Crippen LogP contribution < -0.4 is 0 Å². The van der Waals surface area contributed by atoms with Gasteiger partial charge in [0.25, 0.3) is 0 Å². The molecular weight excluding hydrogens is 172 g/mol. The Bertz CT molecular complexity index is 476. The van der Waals surface area contributed by atoms with E-state index in [-0.39, 0.29) is 11.8 Å². The van der Waals surface area contributed by atoms with Crippen LogP contribution in [0, 0.1) is 34.0 Å². The fraction of sp³-hybridized carbons (Fsp3) is 0.333. The predicted molar refractivity (Wildman–Crippen MR) is 50.0 cm³/mol. The Labute approximate surface area is 82.4 Å². The summed E-state index contributed by atoms with van der Waals surface area (Å²) in [6.45, 7) is 0. The van der Waals surface area contributed by atoms with Gasteiger partial charge >= 0.3 is 0 Å². The lowest BCUT2D eigenvalue weighted by Crippen LogP contribution is -2.04. The van der Waals surface area contributed by atoms with E-state index in [4.69, 9.17) is 10.5 Å². The van der Waals surface area contributed by atoms with Crippen molar-refractivity contribution in [3.8, 4) is 12.1 Å². The maximum Gasteiger partial charge on any atom is 0.154 e. The van der Waals surface area contributed by atoms with Gasteiger partial charge in [-0.2, -0.15) is 10.5 Å². The summed E-state index contributed by atoms with van der Waals surface area (Å²) >= 11 is 0. The zero-order valence-corrected chi connectivity index (χ0v) is 7.57. The highest BCUT2D eigenvalue weighted by Crippen LogP contribution is 2.69. The minimum atomic E-state index is -0.700. The molecule has 2 nitrogen and oxygen atoms in total. The second-order valence-electron chi connectivity index (χ2n) is 4.08. The minimum absolute atomic E-state index is 0.189. The smallest absolute Gasteiger partial charge is 0.154 e. The first kappa shape index (κ1) is 7.59. The molecule has 2 aliphatic rings. The molecule has 66 valence electrons. The number of hydrogen-bond donors (Lipinski definition) is 0. The Balaban J connectivity index is 2.11. The van der Waals surface area contributed by atoms with Gasteiger partial charge in [-0.1, -0.05) is 24.3 Å². The molecule has 0 radical (unpaired) electrons. The van der Waals surface area contributed by atoms with Crippen molar-refractivity contribution >= 4 is 0 Å². The Hall–Kier alpha value is -1.80. The number of nitriles is 2. The van der Waals surface area contributed by atoms with Gasteiger partial charge < -0.3 is 0 Å². The van der Waals surface area contributed by atoms with E-state index in [1.54, 1.807) is 0 Å². The van der Waals surface area contributed by atoms with Crippen molar-refractivity contribution in [2.75, 3.05) is 0 Å².